The number of carbonyl (C=O) groups excluding carboxylic acids is 2. The summed E-state index contributed by atoms with van der Waals surface area (Å²) >= 11 is 0. The van der Waals surface area contributed by atoms with E-state index in [0.717, 1.165) is 30.6 Å². The number of aryl methyl sites for hydroxylation is 1. The van der Waals surface area contributed by atoms with Gasteiger partial charge in [0.15, 0.2) is 0 Å². The molecule has 0 unspecified atom stereocenters. The van der Waals surface area contributed by atoms with Crippen molar-refractivity contribution in [2.45, 2.75) is 13.3 Å². The van der Waals surface area contributed by atoms with E-state index in [1.165, 1.54) is 0 Å². The monoisotopic (exact) mass is 261 g/mol. The predicted molar refractivity (Wildman–Crippen MR) is 74.0 cm³/mol. The van der Waals surface area contributed by atoms with Crippen molar-refractivity contribution in [2.24, 2.45) is 0 Å². The Bertz CT molecular complexity index is 445. The molecule has 0 spiro atoms. The average molecular weight is 261 g/mol. The number of anilines is 1. The summed E-state index contributed by atoms with van der Waals surface area (Å²) in [6.45, 7) is 4.59. The zero-order valence-electron chi connectivity index (χ0n) is 11.1. The molecule has 1 heterocycles. The molecule has 1 aromatic rings. The van der Waals surface area contributed by atoms with E-state index in [-0.39, 0.29) is 6.03 Å². The molecule has 0 aliphatic carbocycles. The van der Waals surface area contributed by atoms with Gasteiger partial charge in [-0.1, -0.05) is 17.7 Å². The first-order valence-corrected chi connectivity index (χ1v) is 6.51. The number of carbonyl (C=O) groups is 2. The van der Waals surface area contributed by atoms with Crippen LogP contribution in [0.25, 0.3) is 0 Å². The lowest BCUT2D eigenvalue weighted by atomic mass is 10.2. The van der Waals surface area contributed by atoms with Gasteiger partial charge in [0.2, 0.25) is 6.41 Å². The number of nitrogens with one attached hydrogen (secondary N) is 1. The predicted octanol–water partition coefficient (Wildman–Crippen LogP) is 1.69. The highest BCUT2D eigenvalue weighted by molar-refractivity contribution is 5.89. The minimum atomic E-state index is -0.100. The first-order chi connectivity index (χ1) is 9.19. The second kappa shape index (κ2) is 6.22. The van der Waals surface area contributed by atoms with Crippen LogP contribution in [0.15, 0.2) is 24.3 Å². The molecule has 0 bridgehead atoms. The molecule has 102 valence electrons. The van der Waals surface area contributed by atoms with Crippen molar-refractivity contribution in [1.82, 2.24) is 9.80 Å². The van der Waals surface area contributed by atoms with Gasteiger partial charge in [0.25, 0.3) is 0 Å². The molecule has 1 aliphatic rings. The summed E-state index contributed by atoms with van der Waals surface area (Å²) in [5, 5.41) is 2.88. The smallest absolute Gasteiger partial charge is 0.321 e. The lowest BCUT2D eigenvalue weighted by Gasteiger charge is -2.21. The van der Waals surface area contributed by atoms with Crippen LogP contribution in [0.2, 0.25) is 0 Å². The van der Waals surface area contributed by atoms with Crippen LogP contribution in [0.3, 0.4) is 0 Å². The fourth-order valence-corrected chi connectivity index (χ4v) is 2.09. The van der Waals surface area contributed by atoms with E-state index >= 15 is 0 Å². The SMILES string of the molecule is Cc1ccc(NC(=O)N2CCCN(C=O)CC2)cc1. The number of nitrogens with zero attached hydrogens (tertiary/aromatic N) is 2. The van der Waals surface area contributed by atoms with Gasteiger partial charge < -0.3 is 15.1 Å². The summed E-state index contributed by atoms with van der Waals surface area (Å²) in [7, 11) is 0. The van der Waals surface area contributed by atoms with Crippen molar-refractivity contribution >= 4 is 18.1 Å². The minimum Gasteiger partial charge on any atom is -0.343 e. The van der Waals surface area contributed by atoms with Gasteiger partial charge in [-0.05, 0) is 25.5 Å². The Morgan fingerprint density at radius 3 is 2.58 bits per heavy atom. The van der Waals surface area contributed by atoms with Crippen LogP contribution >= 0.6 is 0 Å². The van der Waals surface area contributed by atoms with E-state index in [1.807, 2.05) is 31.2 Å². The van der Waals surface area contributed by atoms with E-state index in [9.17, 15) is 9.59 Å². The van der Waals surface area contributed by atoms with Gasteiger partial charge >= 0.3 is 6.03 Å². The van der Waals surface area contributed by atoms with Crippen molar-refractivity contribution in [2.75, 3.05) is 31.5 Å². The van der Waals surface area contributed by atoms with Crippen LogP contribution in [0.4, 0.5) is 10.5 Å². The molecule has 1 N–H and O–H groups in total. The topological polar surface area (TPSA) is 52.7 Å². The first kappa shape index (κ1) is 13.4. The molecule has 5 heteroatoms. The van der Waals surface area contributed by atoms with Crippen molar-refractivity contribution in [3.05, 3.63) is 29.8 Å². The van der Waals surface area contributed by atoms with E-state index in [2.05, 4.69) is 5.32 Å². The van der Waals surface area contributed by atoms with Crippen LogP contribution < -0.4 is 5.32 Å². The average Bonchev–Trinajstić information content (AvgIpc) is 2.66. The van der Waals surface area contributed by atoms with E-state index in [0.29, 0.717) is 19.6 Å². The fraction of sp³-hybridized carbons (Fsp3) is 0.429. The number of hydrogen-bond acceptors (Lipinski definition) is 2. The largest absolute Gasteiger partial charge is 0.343 e. The van der Waals surface area contributed by atoms with Gasteiger partial charge in [-0.25, -0.2) is 4.79 Å². The lowest BCUT2D eigenvalue weighted by molar-refractivity contribution is -0.118. The Morgan fingerprint density at radius 2 is 1.89 bits per heavy atom. The Balaban J connectivity index is 1.92. The quantitative estimate of drug-likeness (QED) is 0.824. The van der Waals surface area contributed by atoms with Crippen molar-refractivity contribution < 1.29 is 9.59 Å². The molecule has 0 aromatic heterocycles. The highest BCUT2D eigenvalue weighted by Crippen LogP contribution is 2.10. The van der Waals surface area contributed by atoms with Crippen molar-refractivity contribution in [3.8, 4) is 0 Å². The molecular weight excluding hydrogens is 242 g/mol. The zero-order chi connectivity index (χ0) is 13.7. The third kappa shape index (κ3) is 3.71. The molecule has 19 heavy (non-hydrogen) atoms. The number of hydrogen-bond donors (Lipinski definition) is 1. The van der Waals surface area contributed by atoms with Crippen LogP contribution in [-0.2, 0) is 4.79 Å². The summed E-state index contributed by atoms with van der Waals surface area (Å²) in [6.07, 6.45) is 1.67. The molecule has 1 fully saturated rings. The molecule has 0 radical (unpaired) electrons. The Labute approximate surface area is 113 Å². The Hall–Kier alpha value is -2.04. The number of benzene rings is 1. The molecule has 1 saturated heterocycles. The second-order valence-electron chi connectivity index (χ2n) is 4.78. The van der Waals surface area contributed by atoms with Crippen LogP contribution in [-0.4, -0.2) is 48.4 Å². The molecule has 0 saturated carbocycles. The maximum atomic E-state index is 12.1. The lowest BCUT2D eigenvalue weighted by Crippen LogP contribution is -2.37. The Morgan fingerprint density at radius 1 is 1.16 bits per heavy atom. The van der Waals surface area contributed by atoms with E-state index in [4.69, 9.17) is 0 Å². The van der Waals surface area contributed by atoms with Crippen LogP contribution in [0, 0.1) is 6.92 Å². The van der Waals surface area contributed by atoms with Crippen LogP contribution in [0.5, 0.6) is 0 Å². The molecule has 1 aromatic carbocycles. The van der Waals surface area contributed by atoms with Gasteiger partial charge in [-0.3, -0.25) is 4.79 Å². The number of amides is 3. The highest BCUT2D eigenvalue weighted by atomic mass is 16.2. The van der Waals surface area contributed by atoms with Gasteiger partial charge in [0, 0.05) is 31.9 Å². The molecular formula is C14H19N3O2. The highest BCUT2D eigenvalue weighted by Gasteiger charge is 2.18. The summed E-state index contributed by atoms with van der Waals surface area (Å²) < 4.78 is 0. The van der Waals surface area contributed by atoms with E-state index < -0.39 is 0 Å². The first-order valence-electron chi connectivity index (χ1n) is 6.51. The molecule has 0 atom stereocenters. The second-order valence-corrected chi connectivity index (χ2v) is 4.78. The molecule has 5 nitrogen and oxygen atoms in total. The zero-order valence-corrected chi connectivity index (χ0v) is 11.1. The maximum Gasteiger partial charge on any atom is 0.321 e. The summed E-state index contributed by atoms with van der Waals surface area (Å²) in [5.41, 5.74) is 1.96. The Kier molecular flexibility index (Phi) is 4.39. The summed E-state index contributed by atoms with van der Waals surface area (Å²) in [6, 6.07) is 7.61. The van der Waals surface area contributed by atoms with Crippen LogP contribution in [0.1, 0.15) is 12.0 Å². The minimum absolute atomic E-state index is 0.100. The molecule has 1 aliphatic heterocycles. The van der Waals surface area contributed by atoms with Gasteiger partial charge in [-0.15, -0.1) is 0 Å². The molecule has 3 amide bonds. The number of rotatable bonds is 2. The van der Waals surface area contributed by atoms with Gasteiger partial charge in [0.05, 0.1) is 0 Å². The maximum absolute atomic E-state index is 12.1. The summed E-state index contributed by atoms with van der Waals surface area (Å²) in [5.74, 6) is 0. The van der Waals surface area contributed by atoms with E-state index in [1.54, 1.807) is 9.80 Å². The molecule has 2 rings (SSSR count). The summed E-state index contributed by atoms with van der Waals surface area (Å²) in [4.78, 5) is 26.3. The van der Waals surface area contributed by atoms with Crippen molar-refractivity contribution in [1.29, 1.82) is 0 Å². The van der Waals surface area contributed by atoms with Gasteiger partial charge in [-0.2, -0.15) is 0 Å². The standard InChI is InChI=1S/C14H19N3O2/c1-12-3-5-13(6-4-12)15-14(19)17-8-2-7-16(11-18)9-10-17/h3-6,11H,2,7-10H2,1H3,(H,15,19). The van der Waals surface area contributed by atoms with Gasteiger partial charge in [0.1, 0.15) is 0 Å². The third-order valence-corrected chi connectivity index (χ3v) is 3.27. The third-order valence-electron chi connectivity index (χ3n) is 3.27. The fourth-order valence-electron chi connectivity index (χ4n) is 2.09. The number of urea groups is 1. The van der Waals surface area contributed by atoms with Crippen molar-refractivity contribution in [3.63, 3.8) is 0 Å². The normalized spacial score (nSPS) is 15.8.